The lowest BCUT2D eigenvalue weighted by atomic mass is 9.89. The lowest BCUT2D eigenvalue weighted by molar-refractivity contribution is 0.426. The molecule has 4 aromatic rings. The van der Waals surface area contributed by atoms with Gasteiger partial charge in [0.05, 0.1) is 0 Å². The average molecular weight is 399 g/mol. The summed E-state index contributed by atoms with van der Waals surface area (Å²) >= 11 is 0. The van der Waals surface area contributed by atoms with Gasteiger partial charge in [0.25, 0.3) is 0 Å². The van der Waals surface area contributed by atoms with Gasteiger partial charge in [0.15, 0.2) is 0 Å². The van der Waals surface area contributed by atoms with Crippen molar-refractivity contribution in [1.82, 2.24) is 0 Å². The molecule has 0 N–H and O–H groups in total. The number of benzene rings is 4. The number of ether oxygens (including phenoxy) is 1. The van der Waals surface area contributed by atoms with Crippen molar-refractivity contribution in [2.45, 2.75) is 12.3 Å². The van der Waals surface area contributed by atoms with Crippen LogP contribution in [0.1, 0.15) is 17.9 Å². The monoisotopic (exact) mass is 398 g/mol. The van der Waals surface area contributed by atoms with Crippen LogP contribution in [0.4, 0.5) is 0 Å². The Morgan fingerprint density at radius 1 is 0.613 bits per heavy atom. The molecule has 6 rings (SSSR count). The summed E-state index contributed by atoms with van der Waals surface area (Å²) < 4.78 is 6.34. The maximum Gasteiger partial charge on any atom is 0.138 e. The second-order valence-corrected chi connectivity index (χ2v) is 8.10. The first-order valence-electron chi connectivity index (χ1n) is 10.8. The van der Waals surface area contributed by atoms with Crippen LogP contribution in [-0.4, -0.2) is 0 Å². The van der Waals surface area contributed by atoms with Gasteiger partial charge in [0.2, 0.25) is 0 Å². The van der Waals surface area contributed by atoms with Crippen molar-refractivity contribution in [2.75, 3.05) is 0 Å². The van der Waals surface area contributed by atoms with Gasteiger partial charge in [-0.05, 0) is 46.4 Å². The Morgan fingerprint density at radius 2 is 1.26 bits per heavy atom. The van der Waals surface area contributed by atoms with E-state index >= 15 is 0 Å². The minimum absolute atomic E-state index is 0.349. The second-order valence-electron chi connectivity index (χ2n) is 8.10. The molecule has 2 aliphatic rings. The standard InChI is InChI=1S/C30H22O/c1-2-10-21(11-3-1)24-14-4-5-15-25(24)22-12-8-13-23(20-22)26-17-9-18-28-27-16-6-7-19-29(27)31-30(26)28/h1-15,17-20,27H,16H2. The molecule has 0 saturated heterocycles. The van der Waals surface area contributed by atoms with Gasteiger partial charge in [-0.1, -0.05) is 103 Å². The molecular weight excluding hydrogens is 376 g/mol. The minimum Gasteiger partial charge on any atom is -0.460 e. The zero-order valence-corrected chi connectivity index (χ0v) is 17.2. The van der Waals surface area contributed by atoms with Crippen LogP contribution < -0.4 is 4.74 Å². The lowest BCUT2D eigenvalue weighted by Crippen LogP contribution is -1.99. The van der Waals surface area contributed by atoms with E-state index in [1.165, 1.54) is 33.4 Å². The molecule has 0 bridgehead atoms. The average Bonchev–Trinajstić information content (AvgIpc) is 3.24. The third kappa shape index (κ3) is 3.10. The van der Waals surface area contributed by atoms with Gasteiger partial charge in [-0.25, -0.2) is 0 Å². The van der Waals surface area contributed by atoms with Gasteiger partial charge in [0, 0.05) is 17.0 Å². The predicted octanol–water partition coefficient (Wildman–Crippen LogP) is 8.01. The van der Waals surface area contributed by atoms with Crippen LogP contribution in [0.25, 0.3) is 33.4 Å². The van der Waals surface area contributed by atoms with E-state index in [0.29, 0.717) is 5.92 Å². The Morgan fingerprint density at radius 3 is 2.10 bits per heavy atom. The maximum atomic E-state index is 6.34. The van der Waals surface area contributed by atoms with Crippen LogP contribution in [-0.2, 0) is 0 Å². The van der Waals surface area contributed by atoms with E-state index in [0.717, 1.165) is 23.5 Å². The van der Waals surface area contributed by atoms with Crippen molar-refractivity contribution >= 4 is 0 Å². The van der Waals surface area contributed by atoms with Gasteiger partial charge in [0.1, 0.15) is 11.5 Å². The van der Waals surface area contributed by atoms with Gasteiger partial charge >= 0.3 is 0 Å². The Bertz CT molecular complexity index is 1330. The van der Waals surface area contributed by atoms with E-state index in [2.05, 4.69) is 115 Å². The number of allylic oxidation sites excluding steroid dienone is 4. The molecule has 0 fully saturated rings. The molecule has 148 valence electrons. The van der Waals surface area contributed by atoms with Gasteiger partial charge in [-0.15, -0.1) is 0 Å². The van der Waals surface area contributed by atoms with Crippen molar-refractivity contribution in [1.29, 1.82) is 0 Å². The predicted molar refractivity (Wildman–Crippen MR) is 128 cm³/mol. The van der Waals surface area contributed by atoms with Gasteiger partial charge < -0.3 is 4.74 Å². The Balaban J connectivity index is 1.46. The molecule has 31 heavy (non-hydrogen) atoms. The van der Waals surface area contributed by atoms with Crippen molar-refractivity contribution in [3.8, 4) is 39.1 Å². The topological polar surface area (TPSA) is 9.23 Å². The highest BCUT2D eigenvalue weighted by molar-refractivity contribution is 5.86. The first kappa shape index (κ1) is 18.0. The summed E-state index contributed by atoms with van der Waals surface area (Å²) in [5, 5.41) is 0. The molecule has 1 heteroatoms. The molecule has 4 aromatic carbocycles. The highest BCUT2D eigenvalue weighted by Crippen LogP contribution is 2.49. The molecule has 0 amide bonds. The van der Waals surface area contributed by atoms with E-state index in [1.807, 2.05) is 0 Å². The van der Waals surface area contributed by atoms with Gasteiger partial charge in [-0.3, -0.25) is 0 Å². The molecule has 1 aliphatic heterocycles. The molecule has 0 radical (unpaired) electrons. The third-order valence-corrected chi connectivity index (χ3v) is 6.25. The Hall–Kier alpha value is -3.84. The van der Waals surface area contributed by atoms with Crippen LogP contribution in [0.5, 0.6) is 5.75 Å². The molecule has 1 unspecified atom stereocenters. The van der Waals surface area contributed by atoms with E-state index in [1.54, 1.807) is 0 Å². The summed E-state index contributed by atoms with van der Waals surface area (Å²) in [4.78, 5) is 0. The third-order valence-electron chi connectivity index (χ3n) is 6.25. The van der Waals surface area contributed by atoms with E-state index in [-0.39, 0.29) is 0 Å². The zero-order valence-electron chi connectivity index (χ0n) is 17.2. The summed E-state index contributed by atoms with van der Waals surface area (Å²) in [5.74, 6) is 2.42. The highest BCUT2D eigenvalue weighted by Gasteiger charge is 2.31. The van der Waals surface area contributed by atoms with Crippen LogP contribution in [0.3, 0.4) is 0 Å². The zero-order chi connectivity index (χ0) is 20.6. The Labute approximate surface area is 183 Å². The van der Waals surface area contributed by atoms with Crippen LogP contribution >= 0.6 is 0 Å². The smallest absolute Gasteiger partial charge is 0.138 e. The van der Waals surface area contributed by atoms with Crippen LogP contribution in [0.15, 0.2) is 121 Å². The molecule has 1 aliphatic carbocycles. The van der Waals surface area contributed by atoms with E-state index < -0.39 is 0 Å². The fraction of sp³-hybridized carbons (Fsp3) is 0.0667. The molecule has 0 spiro atoms. The van der Waals surface area contributed by atoms with Crippen molar-refractivity contribution in [3.05, 3.63) is 127 Å². The fourth-order valence-corrected chi connectivity index (χ4v) is 4.74. The number of fused-ring (bicyclic) bond motifs is 3. The second kappa shape index (κ2) is 7.45. The summed E-state index contributed by atoms with van der Waals surface area (Å²) in [5.41, 5.74) is 8.57. The number of para-hydroxylation sites is 1. The van der Waals surface area contributed by atoms with Crippen molar-refractivity contribution < 1.29 is 4.74 Å². The summed E-state index contributed by atoms with van der Waals surface area (Å²) in [6.07, 6.45) is 7.43. The Kier molecular flexibility index (Phi) is 4.32. The molecule has 1 heterocycles. The van der Waals surface area contributed by atoms with Crippen molar-refractivity contribution in [3.63, 3.8) is 0 Å². The van der Waals surface area contributed by atoms with Crippen molar-refractivity contribution in [2.24, 2.45) is 0 Å². The molecule has 1 nitrogen and oxygen atoms in total. The molecule has 0 aromatic heterocycles. The fourth-order valence-electron chi connectivity index (χ4n) is 4.74. The number of hydrogen-bond acceptors (Lipinski definition) is 1. The normalized spacial score (nSPS) is 16.3. The van der Waals surface area contributed by atoms with Crippen LogP contribution in [0, 0.1) is 0 Å². The summed E-state index contributed by atoms with van der Waals surface area (Å²) in [6, 6.07) is 34.6. The SMILES string of the molecule is C1=CCC2C(=C1)Oc1c(-c3cccc(-c4ccccc4-c4ccccc4)c3)cccc12. The van der Waals surface area contributed by atoms with E-state index in [9.17, 15) is 0 Å². The summed E-state index contributed by atoms with van der Waals surface area (Å²) in [7, 11) is 0. The lowest BCUT2D eigenvalue weighted by Gasteiger charge is -2.13. The molecule has 0 saturated carbocycles. The minimum atomic E-state index is 0.349. The van der Waals surface area contributed by atoms with Crippen LogP contribution in [0.2, 0.25) is 0 Å². The highest BCUT2D eigenvalue weighted by atomic mass is 16.5. The first-order chi connectivity index (χ1) is 15.4. The maximum absolute atomic E-state index is 6.34. The largest absolute Gasteiger partial charge is 0.460 e. The first-order valence-corrected chi connectivity index (χ1v) is 10.8. The summed E-state index contributed by atoms with van der Waals surface area (Å²) in [6.45, 7) is 0. The van der Waals surface area contributed by atoms with Gasteiger partial charge in [-0.2, -0.15) is 0 Å². The quantitative estimate of drug-likeness (QED) is 0.340. The number of rotatable bonds is 3. The molecule has 1 atom stereocenters. The molecular formula is C30H22O. The van der Waals surface area contributed by atoms with E-state index in [4.69, 9.17) is 4.74 Å². The number of hydrogen-bond donors (Lipinski definition) is 0.